The van der Waals surface area contributed by atoms with Crippen molar-refractivity contribution in [3.05, 3.63) is 35.9 Å². The van der Waals surface area contributed by atoms with Gasteiger partial charge >= 0.3 is 0 Å². The first-order valence-corrected chi connectivity index (χ1v) is 6.71. The Bertz CT molecular complexity index is 507. The van der Waals surface area contributed by atoms with Crippen molar-refractivity contribution in [3.63, 3.8) is 0 Å². The van der Waals surface area contributed by atoms with Gasteiger partial charge in [0.05, 0.1) is 0 Å². The molecule has 2 aromatic heterocycles. The fraction of sp³-hybridized carbons (Fsp3) is 0.500. The molecule has 0 N–H and O–H groups in total. The van der Waals surface area contributed by atoms with E-state index >= 15 is 0 Å². The second kappa shape index (κ2) is 6.31. The van der Waals surface area contributed by atoms with Crippen LogP contribution in [0.25, 0.3) is 0 Å². The molecule has 0 spiro atoms. The van der Waals surface area contributed by atoms with Crippen molar-refractivity contribution in [2.24, 2.45) is 0 Å². The third-order valence-electron chi connectivity index (χ3n) is 3.18. The van der Waals surface area contributed by atoms with Crippen molar-refractivity contribution in [1.29, 1.82) is 0 Å². The van der Waals surface area contributed by atoms with Crippen molar-refractivity contribution >= 4 is 5.95 Å². The predicted octanol–water partition coefficient (Wildman–Crippen LogP) is 2.07. The van der Waals surface area contributed by atoms with E-state index < -0.39 is 0 Å². The molecule has 19 heavy (non-hydrogen) atoms. The summed E-state index contributed by atoms with van der Waals surface area (Å²) in [4.78, 5) is 11.1. The van der Waals surface area contributed by atoms with Gasteiger partial charge in [0.25, 0.3) is 0 Å². The number of nitrogens with zero attached hydrogens (tertiary/aromatic N) is 5. The molecule has 102 valence electrons. The number of hydrogen-bond donors (Lipinski definition) is 0. The summed E-state index contributed by atoms with van der Waals surface area (Å²) < 4.78 is 1.95. The summed E-state index contributed by atoms with van der Waals surface area (Å²) in [7, 11) is 2.03. The minimum absolute atomic E-state index is 0.808. The average molecular weight is 259 g/mol. The Morgan fingerprint density at radius 3 is 2.89 bits per heavy atom. The molecule has 0 aliphatic rings. The zero-order chi connectivity index (χ0) is 13.7. The first-order chi connectivity index (χ1) is 9.20. The van der Waals surface area contributed by atoms with Crippen LogP contribution in [0.3, 0.4) is 0 Å². The predicted molar refractivity (Wildman–Crippen MR) is 76.3 cm³/mol. The van der Waals surface area contributed by atoms with Crippen LogP contribution in [0.4, 0.5) is 5.95 Å². The van der Waals surface area contributed by atoms with Gasteiger partial charge in [-0.05, 0) is 31.4 Å². The van der Waals surface area contributed by atoms with E-state index in [9.17, 15) is 0 Å². The van der Waals surface area contributed by atoms with Gasteiger partial charge in [-0.25, -0.2) is 9.97 Å². The van der Waals surface area contributed by atoms with Gasteiger partial charge in [0.15, 0.2) is 0 Å². The summed E-state index contributed by atoms with van der Waals surface area (Å²) >= 11 is 0. The molecular weight excluding hydrogens is 238 g/mol. The number of aryl methyl sites for hydroxylation is 3. The normalized spacial score (nSPS) is 10.7. The van der Waals surface area contributed by atoms with Crippen LogP contribution >= 0.6 is 0 Å². The Hall–Kier alpha value is -1.91. The second-order valence-electron chi connectivity index (χ2n) is 4.70. The van der Waals surface area contributed by atoms with E-state index in [1.807, 2.05) is 30.2 Å². The summed E-state index contributed by atoms with van der Waals surface area (Å²) in [5.74, 6) is 0.808. The first kappa shape index (κ1) is 13.5. The van der Waals surface area contributed by atoms with Gasteiger partial charge in [-0.1, -0.05) is 6.92 Å². The van der Waals surface area contributed by atoms with Crippen LogP contribution in [0.15, 0.2) is 24.7 Å². The highest BCUT2D eigenvalue weighted by Gasteiger charge is 2.06. The van der Waals surface area contributed by atoms with Crippen LogP contribution in [0.2, 0.25) is 0 Å². The maximum Gasteiger partial charge on any atom is 0.225 e. The van der Waals surface area contributed by atoms with Gasteiger partial charge in [0, 0.05) is 44.4 Å². The van der Waals surface area contributed by atoms with Gasteiger partial charge in [-0.15, -0.1) is 0 Å². The van der Waals surface area contributed by atoms with Gasteiger partial charge in [0.2, 0.25) is 5.95 Å². The van der Waals surface area contributed by atoms with Gasteiger partial charge in [-0.2, -0.15) is 5.10 Å². The van der Waals surface area contributed by atoms with Gasteiger partial charge < -0.3 is 4.90 Å². The van der Waals surface area contributed by atoms with Crippen LogP contribution in [0.5, 0.6) is 0 Å². The van der Waals surface area contributed by atoms with E-state index in [1.54, 1.807) is 6.20 Å². The third kappa shape index (κ3) is 3.53. The standard InChI is InChI=1S/C14H21N5/c1-4-13-12(2)11-15-14(17-13)18(3)8-6-10-19-9-5-7-16-19/h5,7,9,11H,4,6,8,10H2,1-3H3. The summed E-state index contributed by atoms with van der Waals surface area (Å²) in [5, 5.41) is 4.19. The molecular formula is C14H21N5. The highest BCUT2D eigenvalue weighted by atomic mass is 15.3. The molecule has 0 atom stereocenters. The lowest BCUT2D eigenvalue weighted by Crippen LogP contribution is -2.22. The molecule has 0 saturated carbocycles. The highest BCUT2D eigenvalue weighted by Crippen LogP contribution is 2.10. The lowest BCUT2D eigenvalue weighted by atomic mass is 10.2. The molecule has 0 fully saturated rings. The Morgan fingerprint density at radius 1 is 1.37 bits per heavy atom. The molecule has 5 heteroatoms. The van der Waals surface area contributed by atoms with Crippen molar-refractivity contribution in [1.82, 2.24) is 19.7 Å². The van der Waals surface area contributed by atoms with Crippen molar-refractivity contribution in [2.75, 3.05) is 18.5 Å². The Kier molecular flexibility index (Phi) is 4.49. The maximum atomic E-state index is 4.60. The molecule has 0 unspecified atom stereocenters. The van der Waals surface area contributed by atoms with E-state index in [4.69, 9.17) is 0 Å². The van der Waals surface area contributed by atoms with Gasteiger partial charge in [0.1, 0.15) is 0 Å². The van der Waals surface area contributed by atoms with E-state index in [2.05, 4.69) is 33.8 Å². The minimum Gasteiger partial charge on any atom is -0.344 e. The zero-order valence-corrected chi connectivity index (χ0v) is 11.9. The number of hydrogen-bond acceptors (Lipinski definition) is 4. The molecule has 5 nitrogen and oxygen atoms in total. The summed E-state index contributed by atoms with van der Waals surface area (Å²) in [6, 6.07) is 1.94. The van der Waals surface area contributed by atoms with E-state index in [0.29, 0.717) is 0 Å². The molecule has 0 bridgehead atoms. The molecule has 0 aliphatic carbocycles. The summed E-state index contributed by atoms with van der Waals surface area (Å²) in [5.41, 5.74) is 2.29. The van der Waals surface area contributed by atoms with Crippen LogP contribution in [0.1, 0.15) is 24.6 Å². The highest BCUT2D eigenvalue weighted by molar-refractivity contribution is 5.31. The van der Waals surface area contributed by atoms with E-state index in [0.717, 1.165) is 43.1 Å². The molecule has 0 aliphatic heterocycles. The molecule has 0 radical (unpaired) electrons. The van der Waals surface area contributed by atoms with Crippen LogP contribution in [-0.4, -0.2) is 33.3 Å². The maximum absolute atomic E-state index is 4.60. The lowest BCUT2D eigenvalue weighted by molar-refractivity contribution is 0.575. The van der Waals surface area contributed by atoms with Crippen molar-refractivity contribution in [3.8, 4) is 0 Å². The molecule has 0 saturated heterocycles. The molecule has 2 heterocycles. The van der Waals surface area contributed by atoms with E-state index in [1.165, 1.54) is 0 Å². The summed E-state index contributed by atoms with van der Waals surface area (Å²) in [6.45, 7) is 6.02. The first-order valence-electron chi connectivity index (χ1n) is 6.71. The SMILES string of the molecule is CCc1nc(N(C)CCCn2cccn2)ncc1C. The molecule has 0 aromatic carbocycles. The van der Waals surface area contributed by atoms with Crippen LogP contribution in [-0.2, 0) is 13.0 Å². The quantitative estimate of drug-likeness (QED) is 0.796. The fourth-order valence-electron chi connectivity index (χ4n) is 2.01. The minimum atomic E-state index is 0.808. The number of anilines is 1. The van der Waals surface area contributed by atoms with Crippen molar-refractivity contribution in [2.45, 2.75) is 33.2 Å². The Morgan fingerprint density at radius 2 is 2.21 bits per heavy atom. The van der Waals surface area contributed by atoms with Crippen LogP contribution in [0, 0.1) is 6.92 Å². The number of aromatic nitrogens is 4. The fourth-order valence-corrected chi connectivity index (χ4v) is 2.01. The largest absolute Gasteiger partial charge is 0.344 e. The average Bonchev–Trinajstić information content (AvgIpc) is 2.92. The summed E-state index contributed by atoms with van der Waals surface area (Å²) in [6.07, 6.45) is 7.67. The lowest BCUT2D eigenvalue weighted by Gasteiger charge is -2.18. The van der Waals surface area contributed by atoms with Gasteiger partial charge in [-0.3, -0.25) is 4.68 Å². The number of rotatable bonds is 6. The topological polar surface area (TPSA) is 46.8 Å². The van der Waals surface area contributed by atoms with Crippen molar-refractivity contribution < 1.29 is 0 Å². The Balaban J connectivity index is 1.90. The monoisotopic (exact) mass is 259 g/mol. The zero-order valence-electron chi connectivity index (χ0n) is 11.9. The molecule has 2 aromatic rings. The smallest absolute Gasteiger partial charge is 0.225 e. The third-order valence-corrected chi connectivity index (χ3v) is 3.18. The molecule has 2 rings (SSSR count). The van der Waals surface area contributed by atoms with Crippen LogP contribution < -0.4 is 4.90 Å². The Labute approximate surface area is 114 Å². The molecule has 0 amide bonds. The van der Waals surface area contributed by atoms with E-state index in [-0.39, 0.29) is 0 Å². The second-order valence-corrected chi connectivity index (χ2v) is 4.70.